The first-order chi connectivity index (χ1) is 15.6. The Balaban J connectivity index is 1.52. The summed E-state index contributed by atoms with van der Waals surface area (Å²) in [6.45, 7) is 5.17. The first-order valence-electron chi connectivity index (χ1n) is 11.6. The Morgan fingerprint density at radius 2 is 1.94 bits per heavy atom. The van der Waals surface area contributed by atoms with Crippen molar-refractivity contribution >= 4 is 11.7 Å². The summed E-state index contributed by atoms with van der Waals surface area (Å²) < 4.78 is 17.5. The largest absolute Gasteiger partial charge is 0.494 e. The maximum atomic E-state index is 13.7. The van der Waals surface area contributed by atoms with Gasteiger partial charge in [0.15, 0.2) is 11.5 Å². The molecule has 0 spiro atoms. The van der Waals surface area contributed by atoms with E-state index in [1.54, 1.807) is 17.2 Å². The predicted molar refractivity (Wildman–Crippen MR) is 118 cm³/mol. The van der Waals surface area contributed by atoms with Gasteiger partial charge in [0, 0.05) is 0 Å². The normalized spacial score (nSPS) is 27.2. The van der Waals surface area contributed by atoms with Crippen LogP contribution in [0.1, 0.15) is 56.9 Å². The van der Waals surface area contributed by atoms with Crippen LogP contribution in [0.15, 0.2) is 58.4 Å². The summed E-state index contributed by atoms with van der Waals surface area (Å²) in [6, 6.07) is 10.8. The molecule has 3 aliphatic rings. The standard InChI is InChI=1S/C26H29NO5/c1-3-12-30-18-9-7-17(8-10-18)23-22-24(28)20-14-16(2)6-11-21(20)32-25(22)26(29)27(23)15-19-5-4-13-31-19/h4-5,7-10,13,16,20-21,23H,3,6,11-12,14-15H2,1-2H3. The number of ketones is 1. The van der Waals surface area contributed by atoms with E-state index in [2.05, 4.69) is 13.8 Å². The van der Waals surface area contributed by atoms with Crippen LogP contribution in [0.4, 0.5) is 0 Å². The van der Waals surface area contributed by atoms with Crippen LogP contribution in [0.3, 0.4) is 0 Å². The molecule has 1 saturated carbocycles. The van der Waals surface area contributed by atoms with E-state index in [4.69, 9.17) is 13.9 Å². The number of rotatable bonds is 6. The SMILES string of the molecule is CCCOc1ccc(C2C3=C(OC4CCC(C)CC4C3=O)C(=O)N2Cc2ccco2)cc1. The minimum Gasteiger partial charge on any atom is -0.494 e. The third-order valence-electron chi connectivity index (χ3n) is 6.78. The van der Waals surface area contributed by atoms with E-state index >= 15 is 0 Å². The second kappa shape index (κ2) is 8.49. The van der Waals surface area contributed by atoms with Crippen LogP contribution in [0, 0.1) is 11.8 Å². The van der Waals surface area contributed by atoms with Crippen molar-refractivity contribution in [3.63, 3.8) is 0 Å². The van der Waals surface area contributed by atoms with Crippen LogP contribution < -0.4 is 4.74 Å². The van der Waals surface area contributed by atoms with Gasteiger partial charge in [-0.05, 0) is 61.4 Å². The van der Waals surface area contributed by atoms with Gasteiger partial charge in [-0.1, -0.05) is 26.0 Å². The molecule has 1 amide bonds. The Labute approximate surface area is 188 Å². The van der Waals surface area contributed by atoms with Gasteiger partial charge in [0.2, 0.25) is 0 Å². The molecule has 3 heterocycles. The molecule has 0 saturated heterocycles. The molecule has 0 bridgehead atoms. The molecule has 1 aromatic carbocycles. The number of fused-ring (bicyclic) bond motifs is 1. The highest BCUT2D eigenvalue weighted by molar-refractivity contribution is 6.11. The molecule has 0 N–H and O–H groups in total. The monoisotopic (exact) mass is 435 g/mol. The minimum atomic E-state index is -0.492. The smallest absolute Gasteiger partial charge is 0.290 e. The van der Waals surface area contributed by atoms with Crippen molar-refractivity contribution in [3.05, 3.63) is 65.3 Å². The second-order valence-electron chi connectivity index (χ2n) is 9.12. The molecule has 6 nitrogen and oxygen atoms in total. The molecule has 2 aliphatic heterocycles. The van der Waals surface area contributed by atoms with Crippen molar-refractivity contribution in [2.24, 2.45) is 11.8 Å². The average molecular weight is 436 g/mol. The van der Waals surface area contributed by atoms with Gasteiger partial charge in [-0.3, -0.25) is 9.59 Å². The van der Waals surface area contributed by atoms with Crippen molar-refractivity contribution in [1.82, 2.24) is 4.90 Å². The number of carbonyl (C=O) groups is 2. The van der Waals surface area contributed by atoms with Gasteiger partial charge in [0.05, 0.1) is 36.9 Å². The molecular formula is C26H29NO5. The zero-order valence-corrected chi connectivity index (χ0v) is 18.6. The van der Waals surface area contributed by atoms with E-state index in [0.29, 0.717) is 23.9 Å². The number of amides is 1. The van der Waals surface area contributed by atoms with Crippen LogP contribution in [-0.2, 0) is 20.9 Å². The van der Waals surface area contributed by atoms with E-state index in [9.17, 15) is 9.59 Å². The van der Waals surface area contributed by atoms with E-state index in [1.807, 2.05) is 30.3 Å². The number of ether oxygens (including phenoxy) is 2. The van der Waals surface area contributed by atoms with Gasteiger partial charge in [-0.25, -0.2) is 0 Å². The van der Waals surface area contributed by atoms with E-state index in [-0.39, 0.29) is 36.0 Å². The lowest BCUT2D eigenvalue weighted by atomic mass is 9.74. The number of furan rings is 1. The lowest BCUT2D eigenvalue weighted by molar-refractivity contribution is -0.136. The van der Waals surface area contributed by atoms with Gasteiger partial charge in [-0.2, -0.15) is 0 Å². The molecule has 0 radical (unpaired) electrons. The molecule has 1 aromatic heterocycles. The highest BCUT2D eigenvalue weighted by Crippen LogP contribution is 2.48. The summed E-state index contributed by atoms with van der Waals surface area (Å²) in [5.41, 5.74) is 1.37. The Hall–Kier alpha value is -3.02. The fourth-order valence-corrected chi connectivity index (χ4v) is 5.17. The maximum Gasteiger partial charge on any atom is 0.290 e. The quantitative estimate of drug-likeness (QED) is 0.651. The summed E-state index contributed by atoms with van der Waals surface area (Å²) in [6.07, 6.45) is 4.96. The highest BCUT2D eigenvalue weighted by Gasteiger charge is 2.52. The third kappa shape index (κ3) is 3.61. The van der Waals surface area contributed by atoms with Crippen LogP contribution in [0.25, 0.3) is 0 Å². The number of carbonyl (C=O) groups excluding carboxylic acids is 2. The van der Waals surface area contributed by atoms with E-state index < -0.39 is 6.04 Å². The highest BCUT2D eigenvalue weighted by atomic mass is 16.5. The summed E-state index contributed by atoms with van der Waals surface area (Å²) >= 11 is 0. The molecule has 32 heavy (non-hydrogen) atoms. The Bertz CT molecular complexity index is 1020. The van der Waals surface area contributed by atoms with Crippen LogP contribution in [-0.4, -0.2) is 29.3 Å². The molecule has 6 heteroatoms. The number of hydrogen-bond acceptors (Lipinski definition) is 5. The number of hydrogen-bond donors (Lipinski definition) is 0. The maximum absolute atomic E-state index is 13.7. The van der Waals surface area contributed by atoms with Crippen molar-refractivity contribution in [2.45, 2.75) is 58.2 Å². The molecule has 2 aromatic rings. The van der Waals surface area contributed by atoms with Crippen molar-refractivity contribution in [1.29, 1.82) is 0 Å². The lowest BCUT2D eigenvalue weighted by Gasteiger charge is -2.37. The summed E-state index contributed by atoms with van der Waals surface area (Å²) in [5, 5.41) is 0. The Morgan fingerprint density at radius 3 is 2.66 bits per heavy atom. The molecule has 1 aliphatic carbocycles. The zero-order valence-electron chi connectivity index (χ0n) is 18.6. The topological polar surface area (TPSA) is 69.0 Å². The zero-order chi connectivity index (χ0) is 22.2. The molecule has 4 atom stereocenters. The molecule has 168 valence electrons. The Kier molecular flexibility index (Phi) is 5.53. The van der Waals surface area contributed by atoms with Crippen LogP contribution >= 0.6 is 0 Å². The first-order valence-corrected chi connectivity index (χ1v) is 11.6. The summed E-state index contributed by atoms with van der Waals surface area (Å²) in [7, 11) is 0. The number of benzene rings is 1. The second-order valence-corrected chi connectivity index (χ2v) is 9.12. The van der Waals surface area contributed by atoms with Crippen LogP contribution in [0.2, 0.25) is 0 Å². The van der Waals surface area contributed by atoms with Gasteiger partial charge >= 0.3 is 0 Å². The summed E-state index contributed by atoms with van der Waals surface area (Å²) in [5.74, 6) is 1.81. The summed E-state index contributed by atoms with van der Waals surface area (Å²) in [4.78, 5) is 28.9. The van der Waals surface area contributed by atoms with Crippen molar-refractivity contribution in [2.75, 3.05) is 6.61 Å². The molecule has 1 fully saturated rings. The fourth-order valence-electron chi connectivity index (χ4n) is 5.17. The Morgan fingerprint density at radius 1 is 1.12 bits per heavy atom. The molecular weight excluding hydrogens is 406 g/mol. The van der Waals surface area contributed by atoms with Crippen LogP contribution in [0.5, 0.6) is 5.75 Å². The van der Waals surface area contributed by atoms with E-state index in [1.165, 1.54) is 0 Å². The van der Waals surface area contributed by atoms with Gasteiger partial charge in [0.25, 0.3) is 5.91 Å². The molecule has 4 unspecified atom stereocenters. The molecule has 5 rings (SSSR count). The van der Waals surface area contributed by atoms with Gasteiger partial charge in [-0.15, -0.1) is 0 Å². The van der Waals surface area contributed by atoms with Gasteiger partial charge in [0.1, 0.15) is 17.6 Å². The predicted octanol–water partition coefficient (Wildman–Crippen LogP) is 4.81. The first kappa shape index (κ1) is 20.9. The average Bonchev–Trinajstić information content (AvgIpc) is 3.41. The minimum absolute atomic E-state index is 0.0643. The lowest BCUT2D eigenvalue weighted by Crippen LogP contribution is -2.41. The number of nitrogens with zero attached hydrogens (tertiary/aromatic N) is 1. The van der Waals surface area contributed by atoms with Crippen molar-refractivity contribution in [3.8, 4) is 5.75 Å². The van der Waals surface area contributed by atoms with Gasteiger partial charge < -0.3 is 18.8 Å². The van der Waals surface area contributed by atoms with Crippen molar-refractivity contribution < 1.29 is 23.5 Å². The van der Waals surface area contributed by atoms with E-state index in [0.717, 1.165) is 37.0 Å². The third-order valence-corrected chi connectivity index (χ3v) is 6.78. The fraction of sp³-hybridized carbons (Fsp3) is 0.462. The number of Topliss-reactive ketones (excluding diaryl/α,β-unsaturated/α-hetero) is 1.